The highest BCUT2D eigenvalue weighted by atomic mass is 16.6. The Hall–Kier alpha value is -1.63. The molecule has 7 heteroatoms. The van der Waals surface area contributed by atoms with Gasteiger partial charge in [0.25, 0.3) is 5.72 Å². The van der Waals surface area contributed by atoms with E-state index in [4.69, 9.17) is 16.2 Å². The van der Waals surface area contributed by atoms with E-state index in [1.807, 2.05) is 6.92 Å². The average molecular weight is 274 g/mol. The number of esters is 1. The molecule has 0 bridgehead atoms. The molecular formula is C12H22N2O5. The van der Waals surface area contributed by atoms with Gasteiger partial charge in [0.05, 0.1) is 6.61 Å². The van der Waals surface area contributed by atoms with Crippen LogP contribution in [0.25, 0.3) is 0 Å². The Morgan fingerprint density at radius 1 is 1.26 bits per heavy atom. The lowest BCUT2D eigenvalue weighted by Crippen LogP contribution is -2.53. The van der Waals surface area contributed by atoms with Crippen LogP contribution in [0.2, 0.25) is 0 Å². The van der Waals surface area contributed by atoms with Crippen molar-refractivity contribution in [2.45, 2.75) is 51.2 Å². The Morgan fingerprint density at radius 2 is 1.95 bits per heavy atom. The van der Waals surface area contributed by atoms with Gasteiger partial charge in [-0.25, -0.2) is 9.59 Å². The lowest BCUT2D eigenvalue weighted by Gasteiger charge is -2.26. The molecule has 19 heavy (non-hydrogen) atoms. The number of nitrogens with two attached hydrogens (primary N) is 2. The fraction of sp³-hybridized carbons (Fsp3) is 0.750. The number of carbonyl (C=O) groups excluding carboxylic acids is 3. The number of amides is 1. The summed E-state index contributed by atoms with van der Waals surface area (Å²) in [4.78, 5) is 32.8. The van der Waals surface area contributed by atoms with E-state index in [9.17, 15) is 14.4 Å². The zero-order valence-corrected chi connectivity index (χ0v) is 11.2. The highest BCUT2D eigenvalue weighted by Crippen LogP contribution is 2.16. The summed E-state index contributed by atoms with van der Waals surface area (Å²) in [6.07, 6.45) is 2.62. The van der Waals surface area contributed by atoms with Gasteiger partial charge >= 0.3 is 12.1 Å². The predicted octanol–water partition coefficient (Wildman–Crippen LogP) is 0.839. The van der Waals surface area contributed by atoms with Crippen LogP contribution < -0.4 is 11.5 Å². The quantitative estimate of drug-likeness (QED) is 0.263. The Balaban J connectivity index is 4.42. The molecule has 1 unspecified atom stereocenters. The van der Waals surface area contributed by atoms with Gasteiger partial charge in [0.1, 0.15) is 6.29 Å². The first kappa shape index (κ1) is 17.4. The van der Waals surface area contributed by atoms with Gasteiger partial charge in [0.15, 0.2) is 0 Å². The molecule has 0 rings (SSSR count). The number of primary amides is 1. The smallest absolute Gasteiger partial charge is 0.406 e. The molecule has 1 atom stereocenters. The second-order valence-corrected chi connectivity index (χ2v) is 4.21. The molecule has 110 valence electrons. The molecule has 0 radical (unpaired) electrons. The maximum absolute atomic E-state index is 11.8. The van der Waals surface area contributed by atoms with Crippen molar-refractivity contribution in [3.8, 4) is 0 Å². The summed E-state index contributed by atoms with van der Waals surface area (Å²) in [5.74, 6) is -0.814. The van der Waals surface area contributed by atoms with Gasteiger partial charge in [-0.15, -0.1) is 0 Å². The molecule has 0 heterocycles. The van der Waals surface area contributed by atoms with Crippen LogP contribution in [0.15, 0.2) is 0 Å². The van der Waals surface area contributed by atoms with Crippen molar-refractivity contribution >= 4 is 18.3 Å². The zero-order chi connectivity index (χ0) is 14.7. The van der Waals surface area contributed by atoms with Crippen LogP contribution in [-0.2, 0) is 19.1 Å². The van der Waals surface area contributed by atoms with Crippen LogP contribution in [0.5, 0.6) is 0 Å². The van der Waals surface area contributed by atoms with Gasteiger partial charge in [-0.3, -0.25) is 5.73 Å². The summed E-state index contributed by atoms with van der Waals surface area (Å²) in [7, 11) is 0. The van der Waals surface area contributed by atoms with Gasteiger partial charge in [-0.2, -0.15) is 0 Å². The Labute approximate surface area is 112 Å². The molecule has 7 nitrogen and oxygen atoms in total. The third kappa shape index (κ3) is 7.40. The second-order valence-electron chi connectivity index (χ2n) is 4.21. The van der Waals surface area contributed by atoms with Crippen molar-refractivity contribution in [3.63, 3.8) is 0 Å². The largest absolute Gasteiger partial charge is 0.462 e. The maximum Gasteiger partial charge on any atom is 0.406 e. The van der Waals surface area contributed by atoms with Crippen LogP contribution in [0.4, 0.5) is 4.79 Å². The molecule has 0 saturated heterocycles. The van der Waals surface area contributed by atoms with Gasteiger partial charge < -0.3 is 20.0 Å². The first-order chi connectivity index (χ1) is 8.96. The van der Waals surface area contributed by atoms with Crippen LogP contribution >= 0.6 is 0 Å². The Kier molecular flexibility index (Phi) is 8.52. The van der Waals surface area contributed by atoms with Crippen LogP contribution in [-0.4, -0.2) is 30.7 Å². The average Bonchev–Trinajstić information content (AvgIpc) is 2.34. The molecule has 0 fully saturated rings. The van der Waals surface area contributed by atoms with E-state index in [-0.39, 0.29) is 13.0 Å². The number of ether oxygens (including phenoxy) is 2. The number of hydrogen-bond acceptors (Lipinski definition) is 6. The van der Waals surface area contributed by atoms with Crippen molar-refractivity contribution < 1.29 is 23.9 Å². The Morgan fingerprint density at radius 3 is 2.47 bits per heavy atom. The van der Waals surface area contributed by atoms with Crippen molar-refractivity contribution in [2.24, 2.45) is 11.5 Å². The summed E-state index contributed by atoms with van der Waals surface area (Å²) >= 11 is 0. The second kappa shape index (κ2) is 9.32. The summed E-state index contributed by atoms with van der Waals surface area (Å²) in [6.45, 7) is 2.16. The third-order valence-electron chi connectivity index (χ3n) is 2.48. The first-order valence-corrected chi connectivity index (χ1v) is 6.34. The van der Waals surface area contributed by atoms with Crippen LogP contribution in [0, 0.1) is 0 Å². The first-order valence-electron chi connectivity index (χ1n) is 6.34. The van der Waals surface area contributed by atoms with Gasteiger partial charge in [-0.1, -0.05) is 13.3 Å². The highest BCUT2D eigenvalue weighted by molar-refractivity contribution is 5.82. The summed E-state index contributed by atoms with van der Waals surface area (Å²) in [6, 6.07) is 0. The fourth-order valence-electron chi connectivity index (χ4n) is 1.42. The van der Waals surface area contributed by atoms with E-state index < -0.39 is 17.8 Å². The molecule has 0 aliphatic carbocycles. The van der Waals surface area contributed by atoms with E-state index in [1.54, 1.807) is 0 Å². The maximum atomic E-state index is 11.8. The molecule has 4 N–H and O–H groups in total. The fourth-order valence-corrected chi connectivity index (χ4v) is 1.42. The topological polar surface area (TPSA) is 122 Å². The molecular weight excluding hydrogens is 252 g/mol. The molecule has 0 aromatic heterocycles. The standard InChI is InChI=1S/C12H22N2O5/c1-2-3-9-18-10(16)12(14,19-11(13)17)7-5-4-6-8-15/h8H,2-7,9,14H2,1H3,(H2,13,17). The minimum atomic E-state index is -1.87. The third-order valence-corrected chi connectivity index (χ3v) is 2.48. The molecule has 0 aromatic carbocycles. The molecule has 0 aromatic rings. The summed E-state index contributed by atoms with van der Waals surface area (Å²) in [5.41, 5.74) is 8.74. The molecule has 1 amide bonds. The van der Waals surface area contributed by atoms with E-state index in [0.29, 0.717) is 25.7 Å². The zero-order valence-electron chi connectivity index (χ0n) is 11.2. The van der Waals surface area contributed by atoms with Gasteiger partial charge in [0.2, 0.25) is 0 Å². The van der Waals surface area contributed by atoms with Crippen LogP contribution in [0.3, 0.4) is 0 Å². The van der Waals surface area contributed by atoms with Gasteiger partial charge in [-0.05, 0) is 19.3 Å². The van der Waals surface area contributed by atoms with Crippen molar-refractivity contribution in [1.82, 2.24) is 0 Å². The van der Waals surface area contributed by atoms with Crippen molar-refractivity contribution in [2.75, 3.05) is 6.61 Å². The SMILES string of the molecule is CCCCOC(=O)C(N)(CCCCC=O)OC(N)=O. The van der Waals surface area contributed by atoms with E-state index >= 15 is 0 Å². The minimum absolute atomic E-state index is 0.0642. The molecule has 0 spiro atoms. The summed E-state index contributed by atoms with van der Waals surface area (Å²) in [5, 5.41) is 0. The van der Waals surface area contributed by atoms with E-state index in [0.717, 1.165) is 12.7 Å². The number of hydrogen-bond donors (Lipinski definition) is 2. The number of rotatable bonds is 10. The van der Waals surface area contributed by atoms with E-state index in [2.05, 4.69) is 4.74 Å². The minimum Gasteiger partial charge on any atom is -0.462 e. The number of carbonyl (C=O) groups is 3. The number of unbranched alkanes of at least 4 members (excludes halogenated alkanes) is 3. The monoisotopic (exact) mass is 274 g/mol. The molecule has 0 saturated carbocycles. The predicted molar refractivity (Wildman–Crippen MR) is 68.0 cm³/mol. The number of aldehydes is 1. The normalized spacial score (nSPS) is 13.4. The van der Waals surface area contributed by atoms with Gasteiger partial charge in [0, 0.05) is 12.8 Å². The lowest BCUT2D eigenvalue weighted by atomic mass is 10.1. The van der Waals surface area contributed by atoms with E-state index in [1.165, 1.54) is 0 Å². The summed E-state index contributed by atoms with van der Waals surface area (Å²) < 4.78 is 9.60. The lowest BCUT2D eigenvalue weighted by molar-refractivity contribution is -0.166. The van der Waals surface area contributed by atoms with Crippen molar-refractivity contribution in [3.05, 3.63) is 0 Å². The molecule has 0 aliphatic rings. The highest BCUT2D eigenvalue weighted by Gasteiger charge is 2.39. The van der Waals surface area contributed by atoms with Crippen LogP contribution in [0.1, 0.15) is 45.4 Å². The van der Waals surface area contributed by atoms with Crippen molar-refractivity contribution in [1.29, 1.82) is 0 Å². The molecule has 0 aliphatic heterocycles. The Bertz CT molecular complexity index is 308.